The fraction of sp³-hybridized carbons (Fsp3) is 0.300. The molecule has 0 bridgehead atoms. The van der Waals surface area contributed by atoms with E-state index in [-0.39, 0.29) is 18.1 Å². The zero-order chi connectivity index (χ0) is 11.3. The first-order valence-corrected chi connectivity index (χ1v) is 6.29. The minimum Gasteiger partial charge on any atom is -0.329 e. The van der Waals surface area contributed by atoms with E-state index < -0.39 is 9.84 Å². The Bertz CT molecular complexity index is 457. The van der Waals surface area contributed by atoms with Crippen LogP contribution in [0.2, 0.25) is 0 Å². The Morgan fingerprint density at radius 3 is 2.33 bits per heavy atom. The Kier molecular flexibility index (Phi) is 3.83. The van der Waals surface area contributed by atoms with Crippen LogP contribution in [0.25, 0.3) is 0 Å². The molecule has 4 nitrogen and oxygen atoms in total. The highest BCUT2D eigenvalue weighted by Crippen LogP contribution is 2.08. The first kappa shape index (κ1) is 11.7. The molecule has 0 saturated heterocycles. The number of nitrogens with zero attached hydrogens (tertiary/aromatic N) is 1. The summed E-state index contributed by atoms with van der Waals surface area (Å²) in [4.78, 5) is 0. The molecule has 0 spiro atoms. The zero-order valence-electron chi connectivity index (χ0n) is 8.18. The Labute approximate surface area is 89.2 Å². The van der Waals surface area contributed by atoms with E-state index >= 15 is 0 Å². The van der Waals surface area contributed by atoms with E-state index in [1.54, 1.807) is 24.3 Å². The molecular formula is C10H12N2O2S. The molecule has 1 aromatic carbocycles. The smallest absolute Gasteiger partial charge is 0.155 e. The van der Waals surface area contributed by atoms with Crippen molar-refractivity contribution in [1.82, 2.24) is 0 Å². The summed E-state index contributed by atoms with van der Waals surface area (Å²) in [7, 11) is -3.11. The Morgan fingerprint density at radius 2 is 1.87 bits per heavy atom. The van der Waals surface area contributed by atoms with E-state index in [4.69, 9.17) is 11.0 Å². The van der Waals surface area contributed by atoms with E-state index in [0.717, 1.165) is 0 Å². The molecule has 0 aromatic heterocycles. The van der Waals surface area contributed by atoms with Gasteiger partial charge >= 0.3 is 0 Å². The summed E-state index contributed by atoms with van der Waals surface area (Å²) >= 11 is 0. The Hall–Kier alpha value is -1.38. The second-order valence-corrected chi connectivity index (χ2v) is 5.37. The van der Waals surface area contributed by atoms with Gasteiger partial charge in [0.2, 0.25) is 0 Å². The van der Waals surface area contributed by atoms with Crippen LogP contribution in [0.1, 0.15) is 11.1 Å². The quantitative estimate of drug-likeness (QED) is 0.803. The molecule has 80 valence electrons. The number of nitrogens with two attached hydrogens (primary N) is 1. The molecule has 0 radical (unpaired) electrons. The Morgan fingerprint density at radius 1 is 1.27 bits per heavy atom. The van der Waals surface area contributed by atoms with E-state index in [1.165, 1.54) is 0 Å². The molecule has 0 aliphatic heterocycles. The lowest BCUT2D eigenvalue weighted by Gasteiger charge is -2.02. The van der Waals surface area contributed by atoms with Crippen molar-refractivity contribution in [1.29, 1.82) is 5.26 Å². The van der Waals surface area contributed by atoms with Crippen molar-refractivity contribution in [2.45, 2.75) is 5.75 Å². The monoisotopic (exact) mass is 224 g/mol. The van der Waals surface area contributed by atoms with Crippen molar-refractivity contribution in [2.75, 3.05) is 12.3 Å². The van der Waals surface area contributed by atoms with Crippen LogP contribution in [0.3, 0.4) is 0 Å². The summed E-state index contributed by atoms with van der Waals surface area (Å²) < 4.78 is 22.8. The van der Waals surface area contributed by atoms with Crippen molar-refractivity contribution in [3.63, 3.8) is 0 Å². The van der Waals surface area contributed by atoms with Gasteiger partial charge in [-0.1, -0.05) is 12.1 Å². The summed E-state index contributed by atoms with van der Waals surface area (Å²) in [6, 6.07) is 8.47. The van der Waals surface area contributed by atoms with Crippen LogP contribution in [0.5, 0.6) is 0 Å². The third-order valence-corrected chi connectivity index (χ3v) is 3.53. The molecule has 0 aliphatic carbocycles. The first-order valence-electron chi connectivity index (χ1n) is 4.47. The normalized spacial score (nSPS) is 10.9. The summed E-state index contributed by atoms with van der Waals surface area (Å²) in [6.07, 6.45) is 0. The molecule has 0 aliphatic rings. The fourth-order valence-corrected chi connectivity index (χ4v) is 2.38. The van der Waals surface area contributed by atoms with Gasteiger partial charge in [0.25, 0.3) is 0 Å². The molecule has 5 heteroatoms. The summed E-state index contributed by atoms with van der Waals surface area (Å²) in [5, 5.41) is 8.56. The van der Waals surface area contributed by atoms with Gasteiger partial charge in [0.05, 0.1) is 23.1 Å². The molecule has 0 atom stereocenters. The number of hydrogen-bond acceptors (Lipinski definition) is 4. The van der Waals surface area contributed by atoms with Gasteiger partial charge in [-0.3, -0.25) is 0 Å². The van der Waals surface area contributed by atoms with Gasteiger partial charge in [-0.05, 0) is 17.7 Å². The Balaban J connectivity index is 2.78. The molecule has 0 heterocycles. The lowest BCUT2D eigenvalue weighted by molar-refractivity contribution is 0.595. The zero-order valence-corrected chi connectivity index (χ0v) is 9.00. The van der Waals surface area contributed by atoms with Crippen LogP contribution in [0.4, 0.5) is 0 Å². The predicted molar refractivity (Wildman–Crippen MR) is 57.7 cm³/mol. The van der Waals surface area contributed by atoms with Gasteiger partial charge in [0.15, 0.2) is 9.84 Å². The van der Waals surface area contributed by atoms with Crippen molar-refractivity contribution in [2.24, 2.45) is 5.73 Å². The van der Waals surface area contributed by atoms with Crippen LogP contribution in [-0.4, -0.2) is 20.7 Å². The van der Waals surface area contributed by atoms with E-state index in [1.807, 2.05) is 6.07 Å². The maximum Gasteiger partial charge on any atom is 0.155 e. The highest BCUT2D eigenvalue weighted by molar-refractivity contribution is 7.90. The highest BCUT2D eigenvalue weighted by Gasteiger charge is 2.10. The van der Waals surface area contributed by atoms with Gasteiger partial charge in [-0.2, -0.15) is 5.26 Å². The van der Waals surface area contributed by atoms with Gasteiger partial charge in [-0.25, -0.2) is 8.42 Å². The fourth-order valence-electron chi connectivity index (χ4n) is 1.18. The number of nitriles is 1. The lowest BCUT2D eigenvalue weighted by Crippen LogP contribution is -2.17. The summed E-state index contributed by atoms with van der Waals surface area (Å²) in [5.41, 5.74) is 6.40. The summed E-state index contributed by atoms with van der Waals surface area (Å²) in [6.45, 7) is 0.138. The van der Waals surface area contributed by atoms with E-state index in [0.29, 0.717) is 11.1 Å². The van der Waals surface area contributed by atoms with E-state index in [2.05, 4.69) is 0 Å². The molecule has 15 heavy (non-hydrogen) atoms. The maximum absolute atomic E-state index is 11.4. The van der Waals surface area contributed by atoms with Crippen LogP contribution in [0, 0.1) is 11.3 Å². The largest absolute Gasteiger partial charge is 0.329 e. The van der Waals surface area contributed by atoms with Crippen LogP contribution in [-0.2, 0) is 15.6 Å². The van der Waals surface area contributed by atoms with Gasteiger partial charge in [0.1, 0.15) is 0 Å². The van der Waals surface area contributed by atoms with Crippen LogP contribution >= 0.6 is 0 Å². The second-order valence-electron chi connectivity index (χ2n) is 3.19. The minimum atomic E-state index is -3.11. The molecule has 0 amide bonds. The SMILES string of the molecule is N#Cc1ccc(CS(=O)(=O)CCN)cc1. The maximum atomic E-state index is 11.4. The molecule has 2 N–H and O–H groups in total. The van der Waals surface area contributed by atoms with E-state index in [9.17, 15) is 8.42 Å². The standard InChI is InChI=1S/C10H12N2O2S/c11-5-6-15(13,14)8-10-3-1-9(7-12)2-4-10/h1-4H,5-6,8,11H2. The second kappa shape index (κ2) is 4.91. The van der Waals surface area contributed by atoms with Crippen molar-refractivity contribution in [3.05, 3.63) is 35.4 Å². The molecule has 0 fully saturated rings. The number of sulfone groups is 1. The van der Waals surface area contributed by atoms with Crippen LogP contribution in [0.15, 0.2) is 24.3 Å². The lowest BCUT2D eigenvalue weighted by atomic mass is 10.2. The molecule has 1 aromatic rings. The average molecular weight is 224 g/mol. The number of benzene rings is 1. The van der Waals surface area contributed by atoms with Gasteiger partial charge < -0.3 is 5.73 Å². The van der Waals surface area contributed by atoms with Crippen molar-refractivity contribution >= 4 is 9.84 Å². The molecular weight excluding hydrogens is 212 g/mol. The van der Waals surface area contributed by atoms with Crippen molar-refractivity contribution < 1.29 is 8.42 Å². The average Bonchev–Trinajstić information content (AvgIpc) is 2.18. The topological polar surface area (TPSA) is 84.0 Å². The van der Waals surface area contributed by atoms with Crippen LogP contribution < -0.4 is 5.73 Å². The first-order chi connectivity index (χ1) is 7.07. The molecule has 0 saturated carbocycles. The third kappa shape index (κ3) is 3.70. The third-order valence-electron chi connectivity index (χ3n) is 1.90. The highest BCUT2D eigenvalue weighted by atomic mass is 32.2. The van der Waals surface area contributed by atoms with Gasteiger partial charge in [0, 0.05) is 6.54 Å². The summed E-state index contributed by atoms with van der Waals surface area (Å²) in [5.74, 6) is -0.0249. The predicted octanol–water partition coefficient (Wildman–Crippen LogP) is 0.432. The number of rotatable bonds is 4. The minimum absolute atomic E-state index is 0.00694. The molecule has 0 unspecified atom stereocenters. The number of hydrogen-bond donors (Lipinski definition) is 1. The molecule has 1 rings (SSSR count). The van der Waals surface area contributed by atoms with Gasteiger partial charge in [-0.15, -0.1) is 0 Å². The van der Waals surface area contributed by atoms with Crippen molar-refractivity contribution in [3.8, 4) is 6.07 Å².